The van der Waals surface area contributed by atoms with Crippen LogP contribution in [0.25, 0.3) is 0 Å². The van der Waals surface area contributed by atoms with E-state index in [9.17, 15) is 14.7 Å². The van der Waals surface area contributed by atoms with Gasteiger partial charge in [-0.15, -0.1) is 0 Å². The number of carboxylic acids is 1. The molecule has 0 amide bonds. The van der Waals surface area contributed by atoms with Crippen molar-refractivity contribution in [1.29, 1.82) is 0 Å². The van der Waals surface area contributed by atoms with E-state index in [0.29, 0.717) is 0 Å². The molecule has 4 nitrogen and oxygen atoms in total. The molecule has 0 unspecified atom stereocenters. The summed E-state index contributed by atoms with van der Waals surface area (Å²) in [5.41, 5.74) is 0. The Bertz CT molecular complexity index is 136. The minimum atomic E-state index is -1.29. The van der Waals surface area contributed by atoms with Crippen LogP contribution in [0.5, 0.6) is 0 Å². The van der Waals surface area contributed by atoms with Crippen molar-refractivity contribution in [2.45, 2.75) is 47.5 Å². The summed E-state index contributed by atoms with van der Waals surface area (Å²) in [5, 5.41) is 9.64. The van der Waals surface area contributed by atoms with Gasteiger partial charge in [-0.2, -0.15) is 27.7 Å². The van der Waals surface area contributed by atoms with E-state index in [0.717, 1.165) is 0 Å². The van der Waals surface area contributed by atoms with Crippen LogP contribution in [0.2, 0.25) is 0 Å². The van der Waals surface area contributed by atoms with Crippen molar-refractivity contribution in [2.75, 3.05) is 0 Å². The molecule has 0 rings (SSSR count). The molecule has 0 aliphatic carbocycles. The number of aliphatic carboxylic acids is 1. The van der Waals surface area contributed by atoms with E-state index in [1.165, 1.54) is 0 Å². The molecule has 0 spiro atoms. The van der Waals surface area contributed by atoms with Crippen molar-refractivity contribution in [3.8, 4) is 0 Å². The summed E-state index contributed by atoms with van der Waals surface area (Å²) in [6.07, 6.45) is 3.82. The summed E-state index contributed by atoms with van der Waals surface area (Å²) in [6, 6.07) is 0. The van der Waals surface area contributed by atoms with Gasteiger partial charge in [-0.1, -0.05) is 6.92 Å². The Balaban J connectivity index is -0.0000000434. The maximum Gasteiger partial charge on any atom is 3.00 e. The first kappa shape index (κ1) is 29.7. The van der Waals surface area contributed by atoms with Gasteiger partial charge < -0.3 is 28.2 Å². The van der Waals surface area contributed by atoms with Crippen molar-refractivity contribution >= 4 is 11.8 Å². The van der Waals surface area contributed by atoms with Gasteiger partial charge >= 0.3 is 21.7 Å². The van der Waals surface area contributed by atoms with Gasteiger partial charge in [0.25, 0.3) is 0 Å². The monoisotopic (exact) mass is 265 g/mol. The van der Waals surface area contributed by atoms with Crippen LogP contribution in [0.3, 0.4) is 0 Å². The Morgan fingerprint density at radius 1 is 1.06 bits per heavy atom. The van der Waals surface area contributed by atoms with Gasteiger partial charge in [-0.3, -0.25) is 4.79 Å². The Morgan fingerprint density at radius 3 is 1.38 bits per heavy atom. The zero-order valence-corrected chi connectivity index (χ0v) is 12.3. The van der Waals surface area contributed by atoms with Gasteiger partial charge in [0.2, 0.25) is 0 Å². The van der Waals surface area contributed by atoms with E-state index in [2.05, 4.69) is 0 Å². The molecule has 0 fully saturated rings. The molecule has 0 N–H and O–H groups in total. The smallest absolute Gasteiger partial charge is 2.00 e. The van der Waals surface area contributed by atoms with Gasteiger partial charge in [0, 0.05) is 18.8 Å². The van der Waals surface area contributed by atoms with E-state index in [1.54, 1.807) is 6.92 Å². The maximum absolute atomic E-state index is 10.2. The van der Waals surface area contributed by atoms with Gasteiger partial charge in [-0.25, -0.2) is 0 Å². The van der Waals surface area contributed by atoms with Crippen LogP contribution in [-0.2, 0) is 36.8 Å². The molecule has 0 atom stereocenters. The molecule has 0 aromatic carbocycles. The molecule has 0 bridgehead atoms. The molecule has 0 saturated carbocycles. The van der Waals surface area contributed by atoms with E-state index >= 15 is 0 Å². The number of carbonyl (C=O) groups excluding carboxylic acids is 2. The fourth-order valence-corrected chi connectivity index (χ4v) is 0.286. The van der Waals surface area contributed by atoms with Crippen LogP contribution in [0.15, 0.2) is 0 Å². The molecule has 16 heavy (non-hydrogen) atoms. The standard InChI is InChI=1S/C5H8O3.2C3H7.O.Ti/c1-2-4(6)3-5(7)8;2*1-3-2;;/h2-3H2,1H3,(H,7,8);2*3H,1-2H3;;/q;2*-1;-2;+3/p-1. The Kier molecular flexibility index (Phi) is 54.4. The predicted molar refractivity (Wildman–Crippen MR) is 56.9 cm³/mol. The molecular weight excluding hydrogens is 244 g/mol. The largest absolute Gasteiger partial charge is 3.00 e. The van der Waals surface area contributed by atoms with Crippen LogP contribution in [-0.4, -0.2) is 11.8 Å². The van der Waals surface area contributed by atoms with Gasteiger partial charge in [0.05, 0.1) is 0 Å². The molecule has 95 valence electrons. The van der Waals surface area contributed by atoms with Crippen molar-refractivity contribution < 1.29 is 41.9 Å². The second-order valence-corrected chi connectivity index (χ2v) is 2.60. The van der Waals surface area contributed by atoms with E-state index in [4.69, 9.17) is 0 Å². The predicted octanol–water partition coefficient (Wildman–Crippen LogP) is 1.45. The van der Waals surface area contributed by atoms with Crippen LogP contribution >= 0.6 is 0 Å². The van der Waals surface area contributed by atoms with Crippen molar-refractivity contribution in [3.63, 3.8) is 0 Å². The number of Topliss-reactive ketones (excluding diaryl/α,β-unsaturated/α-hetero) is 1. The van der Waals surface area contributed by atoms with Crippen molar-refractivity contribution in [3.05, 3.63) is 12.8 Å². The van der Waals surface area contributed by atoms with Crippen molar-refractivity contribution in [1.82, 2.24) is 0 Å². The van der Waals surface area contributed by atoms with Crippen LogP contribution in [0.1, 0.15) is 47.5 Å². The number of ketones is 1. The summed E-state index contributed by atoms with van der Waals surface area (Å²) in [5.74, 6) is -1.58. The van der Waals surface area contributed by atoms with Crippen LogP contribution < -0.4 is 5.11 Å². The topological polar surface area (TPSA) is 85.7 Å². The molecule has 5 heteroatoms. The first-order valence-electron chi connectivity index (χ1n) is 4.69. The summed E-state index contributed by atoms with van der Waals surface area (Å²) < 4.78 is 0. The molecule has 0 aliphatic rings. The zero-order chi connectivity index (χ0) is 12.0. The molecule has 0 aromatic heterocycles. The zero-order valence-electron chi connectivity index (χ0n) is 10.7. The average Bonchev–Trinajstić information content (AvgIpc) is 2.06. The Labute approximate surface area is 114 Å². The van der Waals surface area contributed by atoms with E-state index in [-0.39, 0.29) is 39.4 Å². The molecule has 1 radical (unpaired) electrons. The number of hydrogen-bond donors (Lipinski definition) is 0. The summed E-state index contributed by atoms with van der Waals surface area (Å²) in [6.45, 7) is 9.62. The van der Waals surface area contributed by atoms with Crippen LogP contribution in [0, 0.1) is 12.8 Å². The molecule has 0 heterocycles. The molecule has 0 aliphatic heterocycles. The van der Waals surface area contributed by atoms with E-state index in [1.807, 2.05) is 40.5 Å². The third kappa shape index (κ3) is 67.1. The average molecular weight is 265 g/mol. The number of carbonyl (C=O) groups is 2. The second-order valence-electron chi connectivity index (χ2n) is 2.60. The van der Waals surface area contributed by atoms with Gasteiger partial charge in [0.15, 0.2) is 0 Å². The van der Waals surface area contributed by atoms with Gasteiger partial charge in [0.1, 0.15) is 5.78 Å². The second kappa shape index (κ2) is 29.4. The molecular formula is C11H21O4Ti-2. The minimum absolute atomic E-state index is 0. The summed E-state index contributed by atoms with van der Waals surface area (Å²) >= 11 is 0. The SMILES string of the molecule is CCC(=O)CC(=O)[O-].C[CH-]C.C[CH-]C.[O-2].[Ti+3]. The summed E-state index contributed by atoms with van der Waals surface area (Å²) in [4.78, 5) is 19.8. The van der Waals surface area contributed by atoms with Crippen molar-refractivity contribution in [2.24, 2.45) is 0 Å². The third-order valence-corrected chi connectivity index (χ3v) is 0.736. The fourth-order valence-electron chi connectivity index (χ4n) is 0.286. The number of hydrogen-bond acceptors (Lipinski definition) is 3. The van der Waals surface area contributed by atoms with E-state index < -0.39 is 12.4 Å². The first-order chi connectivity index (χ1) is 6.49. The number of rotatable bonds is 3. The number of carboxylic acid groups (broad SMARTS) is 1. The molecule has 0 aromatic rings. The Hall–Kier alpha value is -0.186. The first-order valence-corrected chi connectivity index (χ1v) is 4.69. The quantitative estimate of drug-likeness (QED) is 0.439. The van der Waals surface area contributed by atoms with Crippen LogP contribution in [0.4, 0.5) is 0 Å². The van der Waals surface area contributed by atoms with Gasteiger partial charge in [-0.05, 0) is 0 Å². The Morgan fingerprint density at radius 2 is 1.31 bits per heavy atom. The minimum Gasteiger partial charge on any atom is -2.00 e. The third-order valence-electron chi connectivity index (χ3n) is 0.736. The normalized spacial score (nSPS) is 6.56. The summed E-state index contributed by atoms with van der Waals surface area (Å²) in [7, 11) is 0. The fraction of sp³-hybridized carbons (Fsp3) is 0.636. The molecule has 0 saturated heterocycles. The maximum atomic E-state index is 10.2.